The first-order valence-electron chi connectivity index (χ1n) is 12.9. The summed E-state index contributed by atoms with van der Waals surface area (Å²) in [5, 5.41) is 2.92. The van der Waals surface area contributed by atoms with E-state index in [1.54, 1.807) is 6.07 Å². The highest BCUT2D eigenvalue weighted by molar-refractivity contribution is 5.99. The third-order valence-electron chi connectivity index (χ3n) is 5.87. The summed E-state index contributed by atoms with van der Waals surface area (Å²) in [7, 11) is 0. The zero-order chi connectivity index (χ0) is 26.3. The Bertz CT molecular complexity index is 999. The van der Waals surface area contributed by atoms with Crippen LogP contribution in [0.1, 0.15) is 79.9 Å². The third-order valence-corrected chi connectivity index (χ3v) is 5.87. The molecule has 1 unspecified atom stereocenters. The molecular weight excluding hydrogens is 450 g/mol. The summed E-state index contributed by atoms with van der Waals surface area (Å²) in [6.45, 7) is 9.84. The number of hydrogen-bond acceptors (Lipinski definition) is 4. The van der Waals surface area contributed by atoms with Gasteiger partial charge in [-0.05, 0) is 54.5 Å². The summed E-state index contributed by atoms with van der Waals surface area (Å²) >= 11 is 0. The van der Waals surface area contributed by atoms with E-state index in [9.17, 15) is 14.4 Å². The van der Waals surface area contributed by atoms with Crippen LogP contribution in [0, 0.1) is 5.92 Å². The lowest BCUT2D eigenvalue weighted by atomic mass is 10.0. The van der Waals surface area contributed by atoms with Crippen molar-refractivity contribution in [2.24, 2.45) is 11.7 Å². The number of nitrogens with zero attached hydrogens (tertiary/aromatic N) is 1. The number of amides is 2. The molecule has 0 bridgehead atoms. The van der Waals surface area contributed by atoms with Gasteiger partial charge in [0, 0.05) is 37.5 Å². The quantitative estimate of drug-likeness (QED) is 0.195. The molecule has 6 heteroatoms. The van der Waals surface area contributed by atoms with Crippen LogP contribution in [0.3, 0.4) is 0 Å². The van der Waals surface area contributed by atoms with Gasteiger partial charge in [-0.1, -0.05) is 75.4 Å². The average molecular weight is 492 g/mol. The first-order valence-corrected chi connectivity index (χ1v) is 12.9. The normalized spacial score (nSPS) is 12.2. The standard InChI is InChI=1S/C30H41N3O3/c1-4-18-33(21-23(2)3)22-25-14-12-24(13-15-25)16-17-26-9-5-6-11-28(26)30(36)32-27(20-29(31)35)10-7-8-19-34/h5-6,9,11-17,19,23,27H,4,7-8,10,18,20-22H2,1-3H3,(H2,31,35)(H,32,36)/b17-16+. The minimum atomic E-state index is -0.481. The van der Waals surface area contributed by atoms with Crippen molar-refractivity contribution in [1.82, 2.24) is 10.2 Å². The van der Waals surface area contributed by atoms with Crippen LogP contribution in [-0.2, 0) is 16.1 Å². The van der Waals surface area contributed by atoms with E-state index in [2.05, 4.69) is 55.3 Å². The lowest BCUT2D eigenvalue weighted by Gasteiger charge is -2.23. The molecule has 0 heterocycles. The highest BCUT2D eigenvalue weighted by Gasteiger charge is 2.17. The van der Waals surface area contributed by atoms with Crippen molar-refractivity contribution < 1.29 is 14.4 Å². The lowest BCUT2D eigenvalue weighted by molar-refractivity contribution is -0.118. The molecule has 2 aromatic rings. The number of nitrogens with two attached hydrogens (primary N) is 1. The van der Waals surface area contributed by atoms with Crippen LogP contribution in [0.5, 0.6) is 0 Å². The number of rotatable bonds is 16. The maximum absolute atomic E-state index is 13.0. The topological polar surface area (TPSA) is 92.5 Å². The molecule has 3 N–H and O–H groups in total. The molecular formula is C30H41N3O3. The summed E-state index contributed by atoms with van der Waals surface area (Å²) in [5.74, 6) is -0.104. The smallest absolute Gasteiger partial charge is 0.252 e. The Kier molecular flexibility index (Phi) is 12.6. The molecule has 0 aliphatic rings. The Hall–Kier alpha value is -3.25. The largest absolute Gasteiger partial charge is 0.370 e. The van der Waals surface area contributed by atoms with Gasteiger partial charge in [0.05, 0.1) is 0 Å². The molecule has 0 spiro atoms. The Morgan fingerprint density at radius 1 is 1.06 bits per heavy atom. The van der Waals surface area contributed by atoms with Crippen molar-refractivity contribution in [2.75, 3.05) is 13.1 Å². The average Bonchev–Trinajstić information content (AvgIpc) is 2.83. The van der Waals surface area contributed by atoms with E-state index in [-0.39, 0.29) is 12.3 Å². The molecule has 36 heavy (non-hydrogen) atoms. The van der Waals surface area contributed by atoms with E-state index in [0.717, 1.165) is 43.5 Å². The van der Waals surface area contributed by atoms with E-state index in [1.165, 1.54) is 5.56 Å². The van der Waals surface area contributed by atoms with E-state index >= 15 is 0 Å². The van der Waals surface area contributed by atoms with Crippen molar-refractivity contribution >= 4 is 30.3 Å². The predicted octanol–water partition coefficient (Wildman–Crippen LogP) is 5.07. The van der Waals surface area contributed by atoms with Gasteiger partial charge in [0.25, 0.3) is 5.91 Å². The van der Waals surface area contributed by atoms with Crippen LogP contribution >= 0.6 is 0 Å². The SMILES string of the molecule is CCCN(Cc1ccc(/C=C/c2ccccc2C(=O)NC(CCCC=O)CC(N)=O)cc1)CC(C)C. The van der Waals surface area contributed by atoms with Gasteiger partial charge in [-0.15, -0.1) is 0 Å². The second kappa shape index (κ2) is 15.7. The van der Waals surface area contributed by atoms with Crippen LogP contribution in [0.15, 0.2) is 48.5 Å². The fourth-order valence-electron chi connectivity index (χ4n) is 4.27. The minimum absolute atomic E-state index is 0.0435. The molecule has 0 fully saturated rings. The van der Waals surface area contributed by atoms with Gasteiger partial charge in [0.1, 0.15) is 6.29 Å². The molecule has 2 amide bonds. The monoisotopic (exact) mass is 491 g/mol. The van der Waals surface area contributed by atoms with Gasteiger partial charge in [0.15, 0.2) is 0 Å². The van der Waals surface area contributed by atoms with E-state index in [0.29, 0.717) is 30.7 Å². The number of primary amides is 1. The maximum atomic E-state index is 13.0. The molecule has 0 saturated heterocycles. The number of benzene rings is 2. The minimum Gasteiger partial charge on any atom is -0.370 e. The zero-order valence-electron chi connectivity index (χ0n) is 21.9. The summed E-state index contributed by atoms with van der Waals surface area (Å²) < 4.78 is 0. The van der Waals surface area contributed by atoms with Gasteiger partial charge in [-0.25, -0.2) is 0 Å². The fourth-order valence-corrected chi connectivity index (χ4v) is 4.27. The molecule has 0 aromatic heterocycles. The van der Waals surface area contributed by atoms with Crippen molar-refractivity contribution in [1.29, 1.82) is 0 Å². The first kappa shape index (κ1) is 29.0. The number of carbonyl (C=O) groups excluding carboxylic acids is 3. The van der Waals surface area contributed by atoms with Crippen LogP contribution in [-0.4, -0.2) is 42.1 Å². The van der Waals surface area contributed by atoms with Crippen molar-refractivity contribution in [3.05, 3.63) is 70.8 Å². The van der Waals surface area contributed by atoms with Crippen LogP contribution in [0.4, 0.5) is 0 Å². The van der Waals surface area contributed by atoms with Gasteiger partial charge >= 0.3 is 0 Å². The summed E-state index contributed by atoms with van der Waals surface area (Å²) in [4.78, 5) is 37.6. The molecule has 1 atom stereocenters. The number of unbranched alkanes of at least 4 members (excludes halogenated alkanes) is 1. The lowest BCUT2D eigenvalue weighted by Crippen LogP contribution is -2.38. The van der Waals surface area contributed by atoms with Crippen molar-refractivity contribution in [3.63, 3.8) is 0 Å². The van der Waals surface area contributed by atoms with E-state index < -0.39 is 11.9 Å². The summed E-state index contributed by atoms with van der Waals surface area (Å²) in [6.07, 6.45) is 7.45. The Balaban J connectivity index is 2.09. The number of nitrogens with one attached hydrogen (secondary N) is 1. The van der Waals surface area contributed by atoms with Crippen LogP contribution in [0.2, 0.25) is 0 Å². The Labute approximate surface area is 216 Å². The zero-order valence-corrected chi connectivity index (χ0v) is 21.9. The van der Waals surface area contributed by atoms with Crippen LogP contribution in [0.25, 0.3) is 12.2 Å². The first-order chi connectivity index (χ1) is 17.3. The van der Waals surface area contributed by atoms with E-state index in [1.807, 2.05) is 30.4 Å². The van der Waals surface area contributed by atoms with Crippen molar-refractivity contribution in [3.8, 4) is 0 Å². The highest BCUT2D eigenvalue weighted by Crippen LogP contribution is 2.16. The van der Waals surface area contributed by atoms with Gasteiger partial charge in [-0.2, -0.15) is 0 Å². The number of aldehydes is 1. The molecule has 194 valence electrons. The van der Waals surface area contributed by atoms with Crippen LogP contribution < -0.4 is 11.1 Å². The third kappa shape index (κ3) is 10.6. The van der Waals surface area contributed by atoms with Gasteiger partial charge < -0.3 is 15.8 Å². The molecule has 2 rings (SSSR count). The molecule has 6 nitrogen and oxygen atoms in total. The van der Waals surface area contributed by atoms with E-state index in [4.69, 9.17) is 5.73 Å². The molecule has 2 aromatic carbocycles. The second-order valence-corrected chi connectivity index (χ2v) is 9.73. The molecule has 0 aliphatic carbocycles. The summed E-state index contributed by atoms with van der Waals surface area (Å²) in [6, 6.07) is 15.5. The second-order valence-electron chi connectivity index (χ2n) is 9.73. The van der Waals surface area contributed by atoms with Crippen molar-refractivity contribution in [2.45, 2.75) is 65.5 Å². The van der Waals surface area contributed by atoms with Gasteiger partial charge in [0.2, 0.25) is 5.91 Å². The predicted molar refractivity (Wildman–Crippen MR) is 147 cm³/mol. The van der Waals surface area contributed by atoms with Gasteiger partial charge in [-0.3, -0.25) is 14.5 Å². The molecule has 0 aliphatic heterocycles. The summed E-state index contributed by atoms with van der Waals surface area (Å²) in [5.41, 5.74) is 9.01. The molecule has 0 radical (unpaired) electrons. The number of carbonyl (C=O) groups is 3. The number of hydrogen-bond donors (Lipinski definition) is 2. The molecule has 0 saturated carbocycles. The Morgan fingerprint density at radius 2 is 1.78 bits per heavy atom. The fraction of sp³-hybridized carbons (Fsp3) is 0.433. The Morgan fingerprint density at radius 3 is 2.42 bits per heavy atom. The maximum Gasteiger partial charge on any atom is 0.252 e. The highest BCUT2D eigenvalue weighted by atomic mass is 16.2.